The van der Waals surface area contributed by atoms with Crippen molar-refractivity contribution >= 4 is 46.6 Å². The molecule has 2 aliphatic carbocycles. The number of methoxy groups -OCH3 is 1. The molecule has 10 nitrogen and oxygen atoms in total. The Kier molecular flexibility index (Phi) is 8.76. The molecular formula is C47H36N2O8. The van der Waals surface area contributed by atoms with Gasteiger partial charge in [-0.25, -0.2) is 0 Å². The average molecular weight is 757 g/mol. The van der Waals surface area contributed by atoms with Gasteiger partial charge in [0.05, 0.1) is 42.2 Å². The number of benzene rings is 5. The lowest BCUT2D eigenvalue weighted by atomic mass is 9.57. The Morgan fingerprint density at radius 1 is 0.579 bits per heavy atom. The standard InChI is InChI=1S/C47H36N2O8/c1-57-38-24-32(50)20-21-34(38)39-33-22-23-35-40(46(55)48(44(35)53)30-16-12-28(13-17-30)42(51)26-8-4-2-5-9-26)36(33)25-37-41(39)47(56)49(45(37)54)31-18-14-29(15-19-31)43(52)27-10-6-3-7-11-27/h2-22,24,35-37,39-41,50H,23,25H2,1H3/t35-,36+,37+,39+,40-,41+/m0/s1. The summed E-state index contributed by atoms with van der Waals surface area (Å²) in [4.78, 5) is 86.4. The number of rotatable bonds is 8. The van der Waals surface area contributed by atoms with Gasteiger partial charge in [-0.2, -0.15) is 0 Å². The Bertz CT molecular complexity index is 2510. The van der Waals surface area contributed by atoms with E-state index in [2.05, 4.69) is 0 Å². The third kappa shape index (κ3) is 5.78. The van der Waals surface area contributed by atoms with Crippen LogP contribution >= 0.6 is 0 Å². The number of amides is 4. The molecule has 57 heavy (non-hydrogen) atoms. The van der Waals surface area contributed by atoms with Crippen LogP contribution in [0.3, 0.4) is 0 Å². The summed E-state index contributed by atoms with van der Waals surface area (Å²) in [7, 11) is 1.46. The van der Waals surface area contributed by atoms with Gasteiger partial charge in [-0.15, -0.1) is 0 Å². The summed E-state index contributed by atoms with van der Waals surface area (Å²) in [6.45, 7) is 0. The normalized spacial score (nSPS) is 23.8. The fourth-order valence-electron chi connectivity index (χ4n) is 9.44. The highest BCUT2D eigenvalue weighted by atomic mass is 16.5. The molecule has 0 aromatic heterocycles. The zero-order valence-corrected chi connectivity index (χ0v) is 30.8. The van der Waals surface area contributed by atoms with Crippen LogP contribution in [0.25, 0.3) is 0 Å². The van der Waals surface area contributed by atoms with E-state index in [1.165, 1.54) is 29.0 Å². The van der Waals surface area contributed by atoms with Crippen LogP contribution in [0.15, 0.2) is 139 Å². The summed E-state index contributed by atoms with van der Waals surface area (Å²) in [5.41, 5.74) is 3.89. The Labute approximate surface area is 328 Å². The Balaban J connectivity index is 1.06. The molecule has 2 saturated heterocycles. The third-order valence-electron chi connectivity index (χ3n) is 12.0. The van der Waals surface area contributed by atoms with Crippen molar-refractivity contribution in [2.24, 2.45) is 29.6 Å². The molecule has 0 unspecified atom stereocenters. The average Bonchev–Trinajstić information content (AvgIpc) is 3.66. The molecule has 1 N–H and O–H groups in total. The van der Waals surface area contributed by atoms with Crippen LogP contribution in [0.4, 0.5) is 11.4 Å². The Hall–Kier alpha value is -6.94. The number of hydrogen-bond donors (Lipinski definition) is 1. The number of carbonyl (C=O) groups excluding carboxylic acids is 6. The van der Waals surface area contributed by atoms with Crippen molar-refractivity contribution in [3.05, 3.63) is 167 Å². The van der Waals surface area contributed by atoms with Gasteiger partial charge in [-0.3, -0.25) is 38.6 Å². The summed E-state index contributed by atoms with van der Waals surface area (Å²) in [6.07, 6.45) is 2.36. The summed E-state index contributed by atoms with van der Waals surface area (Å²) in [5.74, 6) is -6.14. The van der Waals surface area contributed by atoms with Crippen molar-refractivity contribution in [2.45, 2.75) is 18.8 Å². The number of aromatic hydroxyl groups is 1. The lowest BCUT2D eigenvalue weighted by Crippen LogP contribution is -2.43. The number of imide groups is 2. The highest BCUT2D eigenvalue weighted by molar-refractivity contribution is 6.24. The van der Waals surface area contributed by atoms with Gasteiger partial charge in [0, 0.05) is 39.8 Å². The Morgan fingerprint density at radius 2 is 1.07 bits per heavy atom. The van der Waals surface area contributed by atoms with Crippen LogP contribution in [0.5, 0.6) is 11.5 Å². The smallest absolute Gasteiger partial charge is 0.238 e. The van der Waals surface area contributed by atoms with Gasteiger partial charge in [-0.1, -0.05) is 78.4 Å². The van der Waals surface area contributed by atoms with Crippen LogP contribution in [-0.2, 0) is 19.2 Å². The molecule has 2 heterocycles. The maximum Gasteiger partial charge on any atom is 0.238 e. The fraction of sp³-hybridized carbons (Fsp3) is 0.191. The molecule has 2 aliphatic heterocycles. The lowest BCUT2D eigenvalue weighted by Gasteiger charge is -2.44. The molecule has 5 aromatic carbocycles. The van der Waals surface area contributed by atoms with E-state index in [-0.39, 0.29) is 36.1 Å². The molecule has 6 atom stereocenters. The first kappa shape index (κ1) is 35.7. The largest absolute Gasteiger partial charge is 0.508 e. The van der Waals surface area contributed by atoms with E-state index < -0.39 is 53.2 Å². The van der Waals surface area contributed by atoms with Crippen molar-refractivity contribution in [2.75, 3.05) is 16.9 Å². The highest BCUT2D eigenvalue weighted by Gasteiger charge is 2.62. The monoisotopic (exact) mass is 756 g/mol. The molecule has 1 saturated carbocycles. The maximum absolute atomic E-state index is 14.6. The highest BCUT2D eigenvalue weighted by Crippen LogP contribution is 2.59. The van der Waals surface area contributed by atoms with E-state index in [0.29, 0.717) is 44.9 Å². The number of hydrogen-bond acceptors (Lipinski definition) is 8. The molecule has 5 aromatic rings. The van der Waals surface area contributed by atoms with Crippen molar-refractivity contribution in [3.63, 3.8) is 0 Å². The van der Waals surface area contributed by atoms with E-state index in [0.717, 1.165) is 5.57 Å². The number of ketones is 2. The van der Waals surface area contributed by atoms with Crippen LogP contribution in [-0.4, -0.2) is 47.4 Å². The SMILES string of the molecule is COc1cc(O)ccc1[C@H]1C2=CC[C@@H]3C(=O)N(c4ccc(C(=O)c5ccccc5)cc4)C(=O)[C@@H]3[C@@H]2C[C@H]2C(=O)N(c3ccc(C(=O)c4ccccc4)cc3)C(=O)[C@@H]12. The first-order chi connectivity index (χ1) is 27.7. The first-order valence-electron chi connectivity index (χ1n) is 18.9. The number of allylic oxidation sites excluding steroid dienone is 2. The molecule has 4 amide bonds. The van der Waals surface area contributed by atoms with E-state index in [1.807, 2.05) is 18.2 Å². The number of ether oxygens (including phenoxy) is 1. The van der Waals surface area contributed by atoms with Crippen LogP contribution in [0.2, 0.25) is 0 Å². The van der Waals surface area contributed by atoms with Crippen molar-refractivity contribution in [1.82, 2.24) is 0 Å². The van der Waals surface area contributed by atoms with Crippen molar-refractivity contribution in [1.29, 1.82) is 0 Å². The van der Waals surface area contributed by atoms with Gasteiger partial charge in [0.15, 0.2) is 11.6 Å². The van der Waals surface area contributed by atoms with Crippen molar-refractivity contribution < 1.29 is 38.6 Å². The predicted molar refractivity (Wildman–Crippen MR) is 210 cm³/mol. The number of fused-ring (bicyclic) bond motifs is 4. The number of phenols is 1. The molecule has 0 spiro atoms. The minimum Gasteiger partial charge on any atom is -0.508 e. The second-order valence-corrected chi connectivity index (χ2v) is 15.0. The second-order valence-electron chi connectivity index (χ2n) is 15.0. The molecule has 282 valence electrons. The van der Waals surface area contributed by atoms with Crippen LogP contribution < -0.4 is 14.5 Å². The molecule has 9 rings (SSSR count). The second kappa shape index (κ2) is 14.0. The minimum atomic E-state index is -0.862. The zero-order valence-electron chi connectivity index (χ0n) is 30.8. The number of phenolic OH excluding ortho intramolecular Hbond substituents is 1. The molecule has 10 heteroatoms. The van der Waals surface area contributed by atoms with Crippen LogP contribution in [0, 0.1) is 29.6 Å². The van der Waals surface area contributed by atoms with Gasteiger partial charge in [0.1, 0.15) is 11.5 Å². The van der Waals surface area contributed by atoms with Gasteiger partial charge >= 0.3 is 0 Å². The van der Waals surface area contributed by atoms with E-state index in [1.54, 1.807) is 103 Å². The zero-order chi connectivity index (χ0) is 39.5. The summed E-state index contributed by atoms with van der Waals surface area (Å²) in [6, 6.07) is 35.1. The number of nitrogens with zero attached hydrogens (tertiary/aromatic N) is 2. The molecule has 4 aliphatic rings. The molecular weight excluding hydrogens is 721 g/mol. The summed E-state index contributed by atoms with van der Waals surface area (Å²) >= 11 is 0. The van der Waals surface area contributed by atoms with Crippen molar-refractivity contribution in [3.8, 4) is 11.5 Å². The number of anilines is 2. The Morgan fingerprint density at radius 3 is 1.60 bits per heavy atom. The lowest BCUT2D eigenvalue weighted by molar-refractivity contribution is -0.126. The van der Waals surface area contributed by atoms with E-state index in [9.17, 15) is 33.9 Å². The van der Waals surface area contributed by atoms with Gasteiger partial charge < -0.3 is 9.84 Å². The molecule has 0 bridgehead atoms. The predicted octanol–water partition coefficient (Wildman–Crippen LogP) is 6.91. The minimum absolute atomic E-state index is 0.0403. The van der Waals surface area contributed by atoms with Gasteiger partial charge in [-0.05, 0) is 73.4 Å². The summed E-state index contributed by atoms with van der Waals surface area (Å²) < 4.78 is 5.73. The van der Waals surface area contributed by atoms with E-state index in [4.69, 9.17) is 4.74 Å². The molecule has 0 radical (unpaired) electrons. The van der Waals surface area contributed by atoms with Gasteiger partial charge in [0.25, 0.3) is 0 Å². The molecule has 3 fully saturated rings. The summed E-state index contributed by atoms with van der Waals surface area (Å²) in [5, 5.41) is 10.4. The number of carbonyl (C=O) groups is 6. The van der Waals surface area contributed by atoms with Gasteiger partial charge in [0.2, 0.25) is 23.6 Å². The maximum atomic E-state index is 14.6. The first-order valence-corrected chi connectivity index (χ1v) is 18.9. The fourth-order valence-corrected chi connectivity index (χ4v) is 9.44. The van der Waals surface area contributed by atoms with Crippen LogP contribution in [0.1, 0.15) is 56.2 Å². The van der Waals surface area contributed by atoms with E-state index >= 15 is 0 Å². The quantitative estimate of drug-likeness (QED) is 0.103. The topological polar surface area (TPSA) is 138 Å². The third-order valence-corrected chi connectivity index (χ3v) is 12.0.